The highest BCUT2D eigenvalue weighted by atomic mass is 16.5. The number of ether oxygens (including phenoxy) is 1. The molecule has 0 fully saturated rings. The molecule has 1 aromatic heterocycles. The van der Waals surface area contributed by atoms with Crippen molar-refractivity contribution in [3.05, 3.63) is 100 Å². The first-order chi connectivity index (χ1) is 14.8. The number of para-hydroxylation sites is 4. The van der Waals surface area contributed by atoms with E-state index < -0.39 is 5.91 Å². The molecule has 0 aliphatic rings. The largest absolute Gasteiger partial charge is 0.455 e. The van der Waals surface area contributed by atoms with Crippen LogP contribution in [0.4, 0.5) is 5.69 Å². The third-order valence-corrected chi connectivity index (χ3v) is 5.08. The second-order valence-corrected chi connectivity index (χ2v) is 8.38. The minimum absolute atomic E-state index is 0.0450. The average Bonchev–Trinajstić information content (AvgIpc) is 2.75. The Hall–Kier alpha value is -3.86. The summed E-state index contributed by atoms with van der Waals surface area (Å²) >= 11 is 0. The number of aromatic amines is 1. The van der Waals surface area contributed by atoms with Crippen molar-refractivity contribution in [2.45, 2.75) is 26.2 Å². The summed E-state index contributed by atoms with van der Waals surface area (Å²) in [5.74, 6) is 0.733. The number of fused-ring (bicyclic) bond motifs is 1. The molecule has 156 valence electrons. The maximum Gasteiger partial charge on any atom is 0.261 e. The minimum Gasteiger partial charge on any atom is -0.455 e. The van der Waals surface area contributed by atoms with Crippen molar-refractivity contribution in [3.8, 4) is 11.5 Å². The zero-order valence-corrected chi connectivity index (χ0v) is 17.7. The molecule has 4 rings (SSSR count). The average molecular weight is 412 g/mol. The number of nitrogens with one attached hydrogen (secondary N) is 2. The second-order valence-electron chi connectivity index (χ2n) is 8.38. The standard InChI is InChI=1S/C26H24N2O3/c1-26(2,3)19-11-5-8-14-22(19)31-23-15-9-7-13-21(23)28-25(30)18-16-27-20-12-6-4-10-17(20)24(18)29/h4-16H,1-3H3,(H,27,29)(H,28,30). The Balaban J connectivity index is 1.66. The normalized spacial score (nSPS) is 11.3. The van der Waals surface area contributed by atoms with Crippen LogP contribution in [0.2, 0.25) is 0 Å². The van der Waals surface area contributed by atoms with Crippen molar-refractivity contribution >= 4 is 22.5 Å². The number of carbonyl (C=O) groups is 1. The highest BCUT2D eigenvalue weighted by Crippen LogP contribution is 2.36. The minimum atomic E-state index is -0.493. The Kier molecular flexibility index (Phi) is 5.34. The van der Waals surface area contributed by atoms with Gasteiger partial charge in [0, 0.05) is 22.7 Å². The lowest BCUT2D eigenvalue weighted by Crippen LogP contribution is -2.22. The molecule has 31 heavy (non-hydrogen) atoms. The van der Waals surface area contributed by atoms with E-state index in [1.807, 2.05) is 42.5 Å². The molecule has 4 aromatic rings. The van der Waals surface area contributed by atoms with Crippen LogP contribution in [0.15, 0.2) is 83.8 Å². The van der Waals surface area contributed by atoms with Gasteiger partial charge in [0.25, 0.3) is 5.91 Å². The van der Waals surface area contributed by atoms with Gasteiger partial charge in [-0.25, -0.2) is 0 Å². The predicted octanol–water partition coefficient (Wildman–Crippen LogP) is 5.87. The van der Waals surface area contributed by atoms with Crippen molar-refractivity contribution in [1.82, 2.24) is 4.98 Å². The summed E-state index contributed by atoms with van der Waals surface area (Å²) in [6.07, 6.45) is 1.44. The van der Waals surface area contributed by atoms with E-state index in [4.69, 9.17) is 4.74 Å². The molecule has 0 aliphatic carbocycles. The number of amides is 1. The fourth-order valence-electron chi connectivity index (χ4n) is 3.48. The lowest BCUT2D eigenvalue weighted by Gasteiger charge is -2.23. The summed E-state index contributed by atoms with van der Waals surface area (Å²) in [7, 11) is 0. The van der Waals surface area contributed by atoms with E-state index in [9.17, 15) is 9.59 Å². The zero-order chi connectivity index (χ0) is 22.0. The Bertz CT molecular complexity index is 1320. The topological polar surface area (TPSA) is 71.2 Å². The highest BCUT2D eigenvalue weighted by Gasteiger charge is 2.20. The molecule has 5 heteroatoms. The number of H-pyrrole nitrogens is 1. The van der Waals surface area contributed by atoms with E-state index in [1.165, 1.54) is 6.20 Å². The number of benzene rings is 3. The fraction of sp³-hybridized carbons (Fsp3) is 0.154. The SMILES string of the molecule is CC(C)(C)c1ccccc1Oc1ccccc1NC(=O)c1c[nH]c2ccccc2c1=O. The molecule has 0 radical (unpaired) electrons. The maximum atomic E-state index is 12.9. The predicted molar refractivity (Wildman–Crippen MR) is 124 cm³/mol. The van der Waals surface area contributed by atoms with Crippen molar-refractivity contribution in [1.29, 1.82) is 0 Å². The first-order valence-electron chi connectivity index (χ1n) is 10.1. The van der Waals surface area contributed by atoms with E-state index >= 15 is 0 Å². The monoisotopic (exact) mass is 412 g/mol. The van der Waals surface area contributed by atoms with Crippen LogP contribution in [0.5, 0.6) is 11.5 Å². The zero-order valence-electron chi connectivity index (χ0n) is 17.7. The summed E-state index contributed by atoms with van der Waals surface area (Å²) < 4.78 is 6.20. The van der Waals surface area contributed by atoms with E-state index in [1.54, 1.807) is 30.3 Å². The molecule has 1 amide bonds. The van der Waals surface area contributed by atoms with Crippen LogP contribution in [-0.4, -0.2) is 10.9 Å². The molecule has 0 bridgehead atoms. The Labute approximate surface area is 180 Å². The number of carbonyl (C=O) groups excluding carboxylic acids is 1. The van der Waals surface area contributed by atoms with Gasteiger partial charge in [0.1, 0.15) is 11.3 Å². The maximum absolute atomic E-state index is 12.9. The molecule has 0 atom stereocenters. The summed E-state index contributed by atoms with van der Waals surface area (Å²) in [5, 5.41) is 3.30. The van der Waals surface area contributed by atoms with Gasteiger partial charge in [-0.15, -0.1) is 0 Å². The number of pyridine rings is 1. The third-order valence-electron chi connectivity index (χ3n) is 5.08. The molecule has 0 saturated heterocycles. The fourth-order valence-corrected chi connectivity index (χ4v) is 3.48. The van der Waals surface area contributed by atoms with Gasteiger partial charge in [-0.05, 0) is 35.7 Å². The summed E-state index contributed by atoms with van der Waals surface area (Å²) in [6, 6.07) is 22.1. The van der Waals surface area contributed by atoms with E-state index in [-0.39, 0.29) is 16.4 Å². The smallest absolute Gasteiger partial charge is 0.261 e. The van der Waals surface area contributed by atoms with Crippen molar-refractivity contribution < 1.29 is 9.53 Å². The summed E-state index contributed by atoms with van der Waals surface area (Å²) in [6.45, 7) is 6.36. The molecular formula is C26H24N2O3. The first-order valence-corrected chi connectivity index (χ1v) is 10.1. The molecule has 0 saturated carbocycles. The molecule has 2 N–H and O–H groups in total. The van der Waals surface area contributed by atoms with Gasteiger partial charge in [0.15, 0.2) is 5.75 Å². The van der Waals surface area contributed by atoms with Gasteiger partial charge in [0.05, 0.1) is 5.69 Å². The summed E-state index contributed by atoms with van der Waals surface area (Å²) in [5.41, 5.74) is 1.86. The second kappa shape index (κ2) is 8.11. The lowest BCUT2D eigenvalue weighted by atomic mass is 9.86. The van der Waals surface area contributed by atoms with Gasteiger partial charge < -0.3 is 15.0 Å². The molecule has 5 nitrogen and oxygen atoms in total. The number of rotatable bonds is 4. The molecule has 0 spiro atoms. The van der Waals surface area contributed by atoms with Gasteiger partial charge >= 0.3 is 0 Å². The number of hydrogen-bond acceptors (Lipinski definition) is 3. The van der Waals surface area contributed by atoms with Crippen molar-refractivity contribution in [2.24, 2.45) is 0 Å². The van der Waals surface area contributed by atoms with Crippen LogP contribution in [-0.2, 0) is 5.41 Å². The molecule has 1 heterocycles. The summed E-state index contributed by atoms with van der Waals surface area (Å²) in [4.78, 5) is 28.7. The van der Waals surface area contributed by atoms with Crippen molar-refractivity contribution in [3.63, 3.8) is 0 Å². The van der Waals surface area contributed by atoms with Gasteiger partial charge in [-0.2, -0.15) is 0 Å². The lowest BCUT2D eigenvalue weighted by molar-refractivity contribution is 0.102. The number of anilines is 1. The number of aromatic nitrogens is 1. The molecule has 0 unspecified atom stereocenters. The third kappa shape index (κ3) is 4.21. The first kappa shape index (κ1) is 20.4. The Morgan fingerprint density at radius 1 is 0.871 bits per heavy atom. The Morgan fingerprint density at radius 3 is 2.29 bits per heavy atom. The molecule has 3 aromatic carbocycles. The number of hydrogen-bond donors (Lipinski definition) is 2. The van der Waals surface area contributed by atoms with Crippen LogP contribution in [0, 0.1) is 0 Å². The molecule has 0 aliphatic heterocycles. The van der Waals surface area contributed by atoms with Gasteiger partial charge in [-0.3, -0.25) is 9.59 Å². The molecular weight excluding hydrogens is 388 g/mol. The van der Waals surface area contributed by atoms with E-state index in [0.717, 1.165) is 11.3 Å². The van der Waals surface area contributed by atoms with Crippen molar-refractivity contribution in [2.75, 3.05) is 5.32 Å². The Morgan fingerprint density at radius 2 is 1.52 bits per heavy atom. The van der Waals surface area contributed by atoms with Gasteiger partial charge in [0.2, 0.25) is 5.43 Å². The quantitative estimate of drug-likeness (QED) is 0.440. The van der Waals surface area contributed by atoms with Crippen LogP contribution >= 0.6 is 0 Å². The van der Waals surface area contributed by atoms with Crippen LogP contribution in [0.1, 0.15) is 36.7 Å². The van der Waals surface area contributed by atoms with E-state index in [2.05, 4.69) is 31.1 Å². The van der Waals surface area contributed by atoms with Gasteiger partial charge in [-0.1, -0.05) is 63.2 Å². The van der Waals surface area contributed by atoms with E-state index in [0.29, 0.717) is 22.3 Å². The highest BCUT2D eigenvalue weighted by molar-refractivity contribution is 6.06. The van der Waals surface area contributed by atoms with Crippen LogP contribution < -0.4 is 15.5 Å². The van der Waals surface area contributed by atoms with Crippen LogP contribution in [0.25, 0.3) is 10.9 Å². The van der Waals surface area contributed by atoms with Crippen LogP contribution in [0.3, 0.4) is 0 Å².